The molecule has 0 bridgehead atoms. The lowest BCUT2D eigenvalue weighted by atomic mass is 10.3. The fourth-order valence-electron chi connectivity index (χ4n) is 0.935. The lowest BCUT2D eigenvalue weighted by Crippen LogP contribution is -2.13. The first-order valence-electron chi connectivity index (χ1n) is 3.81. The lowest BCUT2D eigenvalue weighted by molar-refractivity contribution is 0.401. The van der Waals surface area contributed by atoms with Crippen LogP contribution < -0.4 is 0 Å². The predicted octanol–water partition coefficient (Wildman–Crippen LogP) is 1.64. The van der Waals surface area contributed by atoms with Gasteiger partial charge in [-0.15, -0.1) is 11.3 Å². The average Bonchev–Trinajstić information content (AvgIpc) is 2.39. The van der Waals surface area contributed by atoms with Crippen molar-refractivity contribution in [2.45, 2.75) is 12.8 Å². The fraction of sp³-hybridized carbons (Fsp3) is 0.625. The van der Waals surface area contributed by atoms with E-state index in [1.807, 2.05) is 11.7 Å². The van der Waals surface area contributed by atoms with Crippen LogP contribution in [0.15, 0.2) is 11.7 Å². The first-order valence-corrected chi connectivity index (χ1v) is 4.69. The van der Waals surface area contributed by atoms with Crippen LogP contribution in [0.1, 0.15) is 11.3 Å². The van der Waals surface area contributed by atoms with Crippen LogP contribution in [0.25, 0.3) is 0 Å². The Morgan fingerprint density at radius 1 is 1.55 bits per heavy atom. The zero-order chi connectivity index (χ0) is 8.10. The van der Waals surface area contributed by atoms with Crippen LogP contribution in [0.3, 0.4) is 0 Å². The smallest absolute Gasteiger partial charge is 0.0794 e. The van der Waals surface area contributed by atoms with Crippen molar-refractivity contribution in [1.82, 2.24) is 9.88 Å². The molecular formula is C8H14N2S. The SMILES string of the molecule is CN(C)CCCc1cncs1. The molecule has 0 saturated carbocycles. The van der Waals surface area contributed by atoms with Gasteiger partial charge in [0.1, 0.15) is 0 Å². The molecule has 0 aliphatic heterocycles. The molecule has 1 rings (SSSR count). The number of aryl methyl sites for hydroxylation is 1. The average molecular weight is 170 g/mol. The van der Waals surface area contributed by atoms with Gasteiger partial charge in [0.25, 0.3) is 0 Å². The van der Waals surface area contributed by atoms with Crippen LogP contribution in [0.5, 0.6) is 0 Å². The Hall–Kier alpha value is -0.410. The summed E-state index contributed by atoms with van der Waals surface area (Å²) in [4.78, 5) is 7.63. The van der Waals surface area contributed by atoms with Gasteiger partial charge in [-0.05, 0) is 33.5 Å². The van der Waals surface area contributed by atoms with Crippen molar-refractivity contribution >= 4 is 11.3 Å². The number of rotatable bonds is 4. The Kier molecular flexibility index (Phi) is 3.52. The minimum atomic E-state index is 1.16. The summed E-state index contributed by atoms with van der Waals surface area (Å²) in [6.07, 6.45) is 4.36. The van der Waals surface area contributed by atoms with Crippen LogP contribution in [-0.4, -0.2) is 30.5 Å². The van der Waals surface area contributed by atoms with Gasteiger partial charge in [-0.3, -0.25) is 4.98 Å². The molecule has 0 atom stereocenters. The van der Waals surface area contributed by atoms with Crippen molar-refractivity contribution < 1.29 is 0 Å². The molecule has 3 heteroatoms. The van der Waals surface area contributed by atoms with E-state index < -0.39 is 0 Å². The van der Waals surface area contributed by atoms with Crippen LogP contribution >= 0.6 is 11.3 Å². The van der Waals surface area contributed by atoms with E-state index >= 15 is 0 Å². The minimum absolute atomic E-state index is 1.16. The Balaban J connectivity index is 2.14. The molecule has 0 radical (unpaired) electrons. The molecule has 0 aliphatic rings. The van der Waals surface area contributed by atoms with Gasteiger partial charge in [0.05, 0.1) is 5.51 Å². The summed E-state index contributed by atoms with van der Waals surface area (Å²) >= 11 is 1.74. The second kappa shape index (κ2) is 4.46. The fourth-order valence-corrected chi connectivity index (χ4v) is 1.58. The highest BCUT2D eigenvalue weighted by Crippen LogP contribution is 2.07. The predicted molar refractivity (Wildman–Crippen MR) is 49.0 cm³/mol. The van der Waals surface area contributed by atoms with E-state index in [0.717, 1.165) is 6.54 Å². The number of hydrogen-bond donors (Lipinski definition) is 0. The number of nitrogens with zero attached hydrogens (tertiary/aromatic N) is 2. The van der Waals surface area contributed by atoms with Gasteiger partial charge < -0.3 is 4.90 Å². The summed E-state index contributed by atoms with van der Waals surface area (Å²) in [5.41, 5.74) is 1.89. The normalized spacial score (nSPS) is 10.8. The quantitative estimate of drug-likeness (QED) is 0.683. The molecule has 0 unspecified atom stereocenters. The molecule has 0 aliphatic carbocycles. The van der Waals surface area contributed by atoms with E-state index in [-0.39, 0.29) is 0 Å². The van der Waals surface area contributed by atoms with Crippen molar-refractivity contribution in [1.29, 1.82) is 0 Å². The Morgan fingerprint density at radius 2 is 2.36 bits per heavy atom. The third-order valence-corrected chi connectivity index (χ3v) is 2.35. The highest BCUT2D eigenvalue weighted by atomic mass is 32.1. The van der Waals surface area contributed by atoms with Gasteiger partial charge in [0.2, 0.25) is 0 Å². The van der Waals surface area contributed by atoms with Crippen molar-refractivity contribution in [3.8, 4) is 0 Å². The molecule has 0 N–H and O–H groups in total. The van der Waals surface area contributed by atoms with E-state index in [1.54, 1.807) is 11.3 Å². The molecule has 0 spiro atoms. The number of hydrogen-bond acceptors (Lipinski definition) is 3. The van der Waals surface area contributed by atoms with Gasteiger partial charge >= 0.3 is 0 Å². The van der Waals surface area contributed by atoms with E-state index in [1.165, 1.54) is 17.7 Å². The molecule has 62 valence electrons. The van der Waals surface area contributed by atoms with Crippen molar-refractivity contribution in [3.05, 3.63) is 16.6 Å². The lowest BCUT2D eigenvalue weighted by Gasteiger charge is -2.07. The van der Waals surface area contributed by atoms with Crippen molar-refractivity contribution in [3.63, 3.8) is 0 Å². The molecule has 2 nitrogen and oxygen atoms in total. The van der Waals surface area contributed by atoms with E-state index in [9.17, 15) is 0 Å². The second-order valence-corrected chi connectivity index (χ2v) is 3.85. The highest BCUT2D eigenvalue weighted by molar-refractivity contribution is 7.09. The molecule has 1 aromatic rings. The van der Waals surface area contributed by atoms with Crippen molar-refractivity contribution in [2.24, 2.45) is 0 Å². The monoisotopic (exact) mass is 170 g/mol. The summed E-state index contributed by atoms with van der Waals surface area (Å²) in [5, 5.41) is 0. The summed E-state index contributed by atoms with van der Waals surface area (Å²) in [6.45, 7) is 1.16. The Morgan fingerprint density at radius 3 is 2.91 bits per heavy atom. The third kappa shape index (κ3) is 3.49. The maximum Gasteiger partial charge on any atom is 0.0794 e. The summed E-state index contributed by atoms with van der Waals surface area (Å²) in [7, 11) is 4.21. The molecule has 0 saturated heterocycles. The van der Waals surface area contributed by atoms with Gasteiger partial charge in [-0.1, -0.05) is 0 Å². The van der Waals surface area contributed by atoms with Gasteiger partial charge in [-0.25, -0.2) is 0 Å². The standard InChI is InChI=1S/C8H14N2S/c1-10(2)5-3-4-8-6-9-7-11-8/h6-7H,3-5H2,1-2H3. The van der Waals surface area contributed by atoms with Gasteiger partial charge in [0.15, 0.2) is 0 Å². The van der Waals surface area contributed by atoms with E-state index in [0.29, 0.717) is 0 Å². The first kappa shape index (κ1) is 8.68. The second-order valence-electron chi connectivity index (χ2n) is 2.87. The molecule has 1 heterocycles. The van der Waals surface area contributed by atoms with Crippen molar-refractivity contribution in [2.75, 3.05) is 20.6 Å². The van der Waals surface area contributed by atoms with Gasteiger partial charge in [0, 0.05) is 11.1 Å². The summed E-state index contributed by atoms with van der Waals surface area (Å²) in [6, 6.07) is 0. The van der Waals surface area contributed by atoms with Crippen LogP contribution in [0.4, 0.5) is 0 Å². The molecule has 0 aromatic carbocycles. The van der Waals surface area contributed by atoms with Gasteiger partial charge in [-0.2, -0.15) is 0 Å². The summed E-state index contributed by atoms with van der Waals surface area (Å²) < 4.78 is 0. The zero-order valence-corrected chi connectivity index (χ0v) is 7.90. The number of thiazole rings is 1. The zero-order valence-electron chi connectivity index (χ0n) is 7.08. The maximum absolute atomic E-state index is 4.02. The highest BCUT2D eigenvalue weighted by Gasteiger charge is 1.94. The topological polar surface area (TPSA) is 16.1 Å². The molecule has 11 heavy (non-hydrogen) atoms. The molecule has 1 aromatic heterocycles. The Bertz CT molecular complexity index is 182. The molecule has 0 amide bonds. The Labute approximate surface area is 71.9 Å². The number of aromatic nitrogens is 1. The molecular weight excluding hydrogens is 156 g/mol. The van der Waals surface area contributed by atoms with Crippen LogP contribution in [0.2, 0.25) is 0 Å². The van der Waals surface area contributed by atoms with Crippen LogP contribution in [-0.2, 0) is 6.42 Å². The minimum Gasteiger partial charge on any atom is -0.309 e. The van der Waals surface area contributed by atoms with Crippen LogP contribution in [0, 0.1) is 0 Å². The first-order chi connectivity index (χ1) is 5.29. The third-order valence-electron chi connectivity index (χ3n) is 1.51. The maximum atomic E-state index is 4.02. The van der Waals surface area contributed by atoms with E-state index in [4.69, 9.17) is 0 Å². The van der Waals surface area contributed by atoms with E-state index in [2.05, 4.69) is 24.0 Å². The summed E-state index contributed by atoms with van der Waals surface area (Å²) in [5.74, 6) is 0. The molecule has 0 fully saturated rings. The largest absolute Gasteiger partial charge is 0.309 e.